The van der Waals surface area contributed by atoms with Gasteiger partial charge in [-0.05, 0) is 57.6 Å². The van der Waals surface area contributed by atoms with Crippen molar-refractivity contribution in [1.82, 2.24) is 0 Å². The number of anilines is 2. The second-order valence-corrected chi connectivity index (χ2v) is 9.41. The number of nitrogens with zero attached hydrogens (tertiary/aromatic N) is 2. The summed E-state index contributed by atoms with van der Waals surface area (Å²) in [7, 11) is 0. The van der Waals surface area contributed by atoms with Crippen molar-refractivity contribution in [1.29, 1.82) is 10.5 Å². The van der Waals surface area contributed by atoms with Crippen molar-refractivity contribution in [2.45, 2.75) is 13.2 Å². The van der Waals surface area contributed by atoms with Gasteiger partial charge >= 0.3 is 5.97 Å². The van der Waals surface area contributed by atoms with Crippen LogP contribution in [0, 0.1) is 22.7 Å². The number of carbonyl (C=O) groups excluding carboxylic acids is 1. The number of nitrogen functional groups attached to an aromatic ring is 1. The molecule has 0 aromatic heterocycles. The molecule has 0 spiro atoms. The Balaban J connectivity index is 1.24. The summed E-state index contributed by atoms with van der Waals surface area (Å²) in [5.74, 6) is -0.484. The Labute approximate surface area is 238 Å². The first-order valence-corrected chi connectivity index (χ1v) is 13.0. The zero-order chi connectivity index (χ0) is 28.6. The third-order valence-electron chi connectivity index (χ3n) is 6.78. The van der Waals surface area contributed by atoms with Crippen molar-refractivity contribution in [2.24, 2.45) is 0 Å². The van der Waals surface area contributed by atoms with Crippen molar-refractivity contribution in [3.63, 3.8) is 0 Å². The minimum absolute atomic E-state index is 0.0961. The van der Waals surface area contributed by atoms with Gasteiger partial charge in [0.1, 0.15) is 6.61 Å². The molecule has 6 heteroatoms. The second-order valence-electron chi connectivity index (χ2n) is 9.41. The molecule has 0 atom stereocenters. The minimum Gasteiger partial charge on any atom is -0.457 e. The van der Waals surface area contributed by atoms with E-state index in [1.807, 2.05) is 84.9 Å². The predicted octanol–water partition coefficient (Wildman–Crippen LogP) is 7.32. The molecular formula is C35H26N4O2. The van der Waals surface area contributed by atoms with Gasteiger partial charge in [-0.2, -0.15) is 10.5 Å². The van der Waals surface area contributed by atoms with E-state index < -0.39 is 5.97 Å². The molecule has 0 aliphatic carbocycles. The summed E-state index contributed by atoms with van der Waals surface area (Å²) in [6.45, 7) is 0.541. The fourth-order valence-electron chi connectivity index (χ4n) is 4.60. The van der Waals surface area contributed by atoms with Crippen LogP contribution in [0.1, 0.15) is 32.6 Å². The van der Waals surface area contributed by atoms with Gasteiger partial charge in [0.2, 0.25) is 0 Å². The summed E-state index contributed by atoms with van der Waals surface area (Å²) in [6, 6.07) is 40.0. The third-order valence-corrected chi connectivity index (χ3v) is 6.78. The number of hydrogen-bond acceptors (Lipinski definition) is 6. The number of hydrogen-bond donors (Lipinski definition) is 2. The van der Waals surface area contributed by atoms with Crippen LogP contribution in [-0.4, -0.2) is 5.97 Å². The number of para-hydroxylation sites is 1. The lowest BCUT2D eigenvalue weighted by molar-refractivity contribution is 0.0474. The van der Waals surface area contributed by atoms with Crippen molar-refractivity contribution in [3.8, 4) is 34.4 Å². The largest absolute Gasteiger partial charge is 0.457 e. The normalized spacial score (nSPS) is 10.3. The zero-order valence-corrected chi connectivity index (χ0v) is 22.2. The van der Waals surface area contributed by atoms with E-state index in [4.69, 9.17) is 10.5 Å². The van der Waals surface area contributed by atoms with Gasteiger partial charge in [-0.3, -0.25) is 0 Å². The average molecular weight is 535 g/mol. The zero-order valence-electron chi connectivity index (χ0n) is 22.2. The van der Waals surface area contributed by atoms with Crippen LogP contribution in [-0.2, 0) is 17.9 Å². The van der Waals surface area contributed by atoms with Crippen LogP contribution in [0.25, 0.3) is 22.3 Å². The van der Waals surface area contributed by atoms with Crippen LogP contribution < -0.4 is 11.1 Å². The molecule has 5 aromatic carbocycles. The highest BCUT2D eigenvalue weighted by atomic mass is 16.5. The summed E-state index contributed by atoms with van der Waals surface area (Å²) < 4.78 is 5.63. The number of nitrogens with two attached hydrogens (primary N) is 1. The molecule has 0 saturated heterocycles. The third kappa shape index (κ3) is 6.09. The molecule has 3 N–H and O–H groups in total. The number of esters is 1. The van der Waals surface area contributed by atoms with Crippen LogP contribution in [0.2, 0.25) is 0 Å². The van der Waals surface area contributed by atoms with Gasteiger partial charge in [0.15, 0.2) is 0 Å². The van der Waals surface area contributed by atoms with Crippen LogP contribution in [0.3, 0.4) is 0 Å². The number of benzene rings is 5. The number of nitriles is 2. The molecular weight excluding hydrogens is 508 g/mol. The quantitative estimate of drug-likeness (QED) is 0.159. The molecule has 0 radical (unpaired) electrons. The Kier molecular flexibility index (Phi) is 8.05. The van der Waals surface area contributed by atoms with Gasteiger partial charge in [0.05, 0.1) is 40.2 Å². The predicted molar refractivity (Wildman–Crippen MR) is 160 cm³/mol. The lowest BCUT2D eigenvalue weighted by Crippen LogP contribution is -2.12. The van der Waals surface area contributed by atoms with Crippen LogP contribution in [0.5, 0.6) is 0 Å². The summed E-state index contributed by atoms with van der Waals surface area (Å²) in [5, 5.41) is 22.1. The van der Waals surface area contributed by atoms with Crippen molar-refractivity contribution < 1.29 is 9.53 Å². The lowest BCUT2D eigenvalue weighted by Gasteiger charge is -2.15. The van der Waals surface area contributed by atoms with Crippen molar-refractivity contribution in [2.75, 3.05) is 11.1 Å². The molecule has 0 saturated carbocycles. The average Bonchev–Trinajstić information content (AvgIpc) is 3.03. The first kappa shape index (κ1) is 26.7. The molecule has 0 bridgehead atoms. The van der Waals surface area contributed by atoms with E-state index in [2.05, 4.69) is 17.5 Å². The number of carbonyl (C=O) groups is 1. The SMILES string of the molecule is N#Cc1ccccc1-c1ccc(CNc2c(N)cccc2C(=O)OCc2ccc(-c3ccccc3C#N)cc2)cc1. The maximum Gasteiger partial charge on any atom is 0.340 e. The monoisotopic (exact) mass is 534 g/mol. The Morgan fingerprint density at radius 3 is 1.78 bits per heavy atom. The topological polar surface area (TPSA) is 112 Å². The van der Waals surface area contributed by atoms with Gasteiger partial charge in [-0.25, -0.2) is 4.79 Å². The van der Waals surface area contributed by atoms with Crippen LogP contribution in [0.4, 0.5) is 11.4 Å². The van der Waals surface area contributed by atoms with Gasteiger partial charge < -0.3 is 15.8 Å². The Morgan fingerprint density at radius 1 is 0.683 bits per heavy atom. The summed E-state index contributed by atoms with van der Waals surface area (Å²) >= 11 is 0. The maximum atomic E-state index is 13.1. The highest BCUT2D eigenvalue weighted by Crippen LogP contribution is 2.28. The van der Waals surface area contributed by atoms with E-state index in [9.17, 15) is 15.3 Å². The highest BCUT2D eigenvalue weighted by molar-refractivity contribution is 5.98. The maximum absolute atomic E-state index is 13.1. The van der Waals surface area contributed by atoms with E-state index in [1.54, 1.807) is 30.3 Å². The Hall–Kier alpha value is -5.85. The van der Waals surface area contributed by atoms with E-state index in [0.29, 0.717) is 34.6 Å². The fraction of sp³-hybridized carbons (Fsp3) is 0.0571. The van der Waals surface area contributed by atoms with E-state index >= 15 is 0 Å². The molecule has 0 fully saturated rings. The Morgan fingerprint density at radius 2 is 1.22 bits per heavy atom. The summed E-state index contributed by atoms with van der Waals surface area (Å²) in [5.41, 5.74) is 14.2. The summed E-state index contributed by atoms with van der Waals surface area (Å²) in [6.07, 6.45) is 0. The molecule has 6 nitrogen and oxygen atoms in total. The minimum atomic E-state index is -0.484. The molecule has 5 aromatic rings. The first-order valence-electron chi connectivity index (χ1n) is 13.0. The van der Waals surface area contributed by atoms with E-state index in [0.717, 1.165) is 33.4 Å². The number of nitrogens with one attached hydrogen (secondary N) is 1. The van der Waals surface area contributed by atoms with Gasteiger partial charge in [-0.15, -0.1) is 0 Å². The fourth-order valence-corrected chi connectivity index (χ4v) is 4.60. The molecule has 198 valence electrons. The molecule has 0 aliphatic heterocycles. The highest BCUT2D eigenvalue weighted by Gasteiger charge is 2.16. The van der Waals surface area contributed by atoms with Gasteiger partial charge in [0.25, 0.3) is 0 Å². The number of rotatable bonds is 8. The molecule has 0 aliphatic rings. The number of ether oxygens (including phenoxy) is 1. The van der Waals surface area contributed by atoms with Gasteiger partial charge in [-0.1, -0.05) is 91.0 Å². The van der Waals surface area contributed by atoms with Crippen LogP contribution in [0.15, 0.2) is 115 Å². The van der Waals surface area contributed by atoms with Crippen molar-refractivity contribution >= 4 is 17.3 Å². The first-order chi connectivity index (χ1) is 20.1. The molecule has 5 rings (SSSR count). The van der Waals surface area contributed by atoms with E-state index in [1.165, 1.54) is 0 Å². The smallest absolute Gasteiger partial charge is 0.340 e. The molecule has 0 unspecified atom stereocenters. The van der Waals surface area contributed by atoms with Gasteiger partial charge in [0, 0.05) is 6.54 Å². The van der Waals surface area contributed by atoms with Crippen molar-refractivity contribution in [3.05, 3.63) is 143 Å². The lowest BCUT2D eigenvalue weighted by atomic mass is 9.99. The molecule has 41 heavy (non-hydrogen) atoms. The Bertz CT molecular complexity index is 1780. The van der Waals surface area contributed by atoms with E-state index in [-0.39, 0.29) is 6.61 Å². The second kappa shape index (κ2) is 12.3. The standard InChI is InChI=1S/C35H26N4O2/c36-20-28-6-1-3-8-30(28)26-16-12-24(13-17-26)22-39-34-32(10-5-11-33(34)38)35(40)41-23-25-14-18-27(19-15-25)31-9-4-2-7-29(31)21-37/h1-19,39H,22-23,38H2. The summed E-state index contributed by atoms with van der Waals surface area (Å²) in [4.78, 5) is 13.1. The molecule has 0 amide bonds. The molecule has 0 heterocycles. The van der Waals surface area contributed by atoms with Crippen LogP contribution >= 0.6 is 0 Å².